The van der Waals surface area contributed by atoms with Gasteiger partial charge in [-0.05, 0) is 175 Å². The van der Waals surface area contributed by atoms with Crippen LogP contribution in [0.4, 0.5) is 4.79 Å². The standard InChI is InChI=1S/C13H20O6S.C12H16O7S.C10H14O6S.C10H16O5S.C9H10O8S.C9H12O7S/c1-13(19-12(14)18-7-20(15,16)17)10-3-8-2-9(5-10)6-11(13)4-8;13-10(5-20(15,16)17)19-11-7-1-6-2-8(4-7)12(14)18-9(11)3-6;11-8(4-17(12,13)14)16-9-5-1-6-3-15-10(9)7(6)2-5;11-10(6-16(12,13)14)15-5-9-4-7-1-2-8(9)3-7;10-5(2-18(12,13)14)16-7-4-1-3-6(15-4)8(7)17-9(3)11;10-6(3-17(11,12)13)16-8-5-1-4-2-14-9(8)7(4)15-5/h8-11H,2-7H2,1H3,(H,15,16,17);6-9,11H,1-5H2,(H,15,16,17);5-7,9-10H,1-4H2,(H,12,13,14);7-9H,1-6H2,(H,12,13,14);3-4,6-8H,1-2H2,(H,12,13,14);4-5,7-9H,1-3H2,(H,11,12,13)/p-6. The van der Waals surface area contributed by atoms with Gasteiger partial charge in [0, 0.05) is 11.8 Å². The summed E-state index contributed by atoms with van der Waals surface area (Å²) in [5.74, 6) is -7.11. The molecular formula is C63H82O39S6-6. The van der Waals surface area contributed by atoms with Crippen molar-refractivity contribution in [2.24, 2.45) is 88.8 Å². The summed E-state index contributed by atoms with van der Waals surface area (Å²) in [5.41, 5.74) is -0.572. The zero-order chi connectivity index (χ0) is 78.3. The second-order valence-electron chi connectivity index (χ2n) is 31.6. The van der Waals surface area contributed by atoms with Gasteiger partial charge in [0.05, 0.1) is 56.1 Å². The molecule has 610 valence electrons. The van der Waals surface area contributed by atoms with Gasteiger partial charge < -0.3 is 88.9 Å². The van der Waals surface area contributed by atoms with Gasteiger partial charge in [0.2, 0.25) is 0 Å². The number of esters is 7. The lowest BCUT2D eigenvalue weighted by Crippen LogP contribution is -2.58. The zero-order valence-corrected chi connectivity index (χ0v) is 62.7. The van der Waals surface area contributed by atoms with Crippen molar-refractivity contribution < 1.29 is 178 Å². The summed E-state index contributed by atoms with van der Waals surface area (Å²) in [6, 6.07) is 0. The molecule has 16 bridgehead atoms. The van der Waals surface area contributed by atoms with Crippen LogP contribution in [-0.4, -0.2) is 259 Å². The molecule has 108 heavy (non-hydrogen) atoms. The zero-order valence-electron chi connectivity index (χ0n) is 57.8. The van der Waals surface area contributed by atoms with Crippen molar-refractivity contribution in [3.05, 3.63) is 0 Å². The summed E-state index contributed by atoms with van der Waals surface area (Å²) in [6.45, 7) is 3.49. The van der Waals surface area contributed by atoms with Crippen LogP contribution < -0.4 is 0 Å². The number of carbonyl (C=O) groups is 8. The Bertz CT molecular complexity index is 4070. The third-order valence-electron chi connectivity index (χ3n) is 24.2. The number of fused-ring (bicyclic) bond motifs is 6. The van der Waals surface area contributed by atoms with Crippen molar-refractivity contribution in [3.63, 3.8) is 0 Å². The molecule has 19 rings (SSSR count). The minimum atomic E-state index is -4.68. The van der Waals surface area contributed by atoms with Crippen LogP contribution in [0.3, 0.4) is 0 Å². The van der Waals surface area contributed by atoms with Crippen molar-refractivity contribution in [1.29, 1.82) is 0 Å². The molecule has 0 aromatic heterocycles. The van der Waals surface area contributed by atoms with Crippen LogP contribution in [-0.2, 0) is 156 Å². The van der Waals surface area contributed by atoms with Crippen molar-refractivity contribution in [2.45, 2.75) is 195 Å². The Balaban J connectivity index is 0.000000121. The van der Waals surface area contributed by atoms with E-state index >= 15 is 0 Å². The van der Waals surface area contributed by atoms with Gasteiger partial charge in [-0.2, -0.15) is 0 Å². The highest BCUT2D eigenvalue weighted by Gasteiger charge is 2.66. The van der Waals surface area contributed by atoms with E-state index < -0.39 is 180 Å². The smallest absolute Gasteiger partial charge is 0.509 e. The van der Waals surface area contributed by atoms with Gasteiger partial charge in [0.15, 0.2) is 24.3 Å². The molecule has 10 aliphatic carbocycles. The molecule has 0 aromatic carbocycles. The predicted molar refractivity (Wildman–Crippen MR) is 341 cm³/mol. The number of carbonyl (C=O) groups excluding carboxylic acids is 8. The molecule has 39 nitrogen and oxygen atoms in total. The molecule has 19 fully saturated rings. The fraction of sp³-hybridized carbons (Fsp3) is 0.873. The summed E-state index contributed by atoms with van der Waals surface area (Å²) in [7, 11) is -27.6. The summed E-state index contributed by atoms with van der Waals surface area (Å²) < 4.78 is 255. The van der Waals surface area contributed by atoms with E-state index in [2.05, 4.69) is 4.74 Å². The van der Waals surface area contributed by atoms with Gasteiger partial charge in [-0.15, -0.1) is 0 Å². The van der Waals surface area contributed by atoms with Crippen LogP contribution in [0.1, 0.15) is 116 Å². The fourth-order valence-corrected chi connectivity index (χ4v) is 22.4. The van der Waals surface area contributed by atoms with Crippen LogP contribution in [0.5, 0.6) is 0 Å². The van der Waals surface area contributed by atoms with E-state index in [4.69, 9.17) is 56.8 Å². The average molecular weight is 1660 g/mol. The Hall–Kier alpha value is -5.14. The summed E-state index contributed by atoms with van der Waals surface area (Å²) in [4.78, 5) is 91.2. The monoisotopic (exact) mass is 1650 g/mol. The van der Waals surface area contributed by atoms with E-state index in [-0.39, 0.29) is 72.7 Å². The molecule has 9 saturated heterocycles. The third kappa shape index (κ3) is 20.3. The average Bonchev–Trinajstić information content (AvgIpc) is 1.66. The number of ether oxygens (including phenoxy) is 13. The molecule has 0 aromatic rings. The van der Waals surface area contributed by atoms with E-state index in [1.807, 2.05) is 6.92 Å². The van der Waals surface area contributed by atoms with E-state index in [1.54, 1.807) is 0 Å². The molecule has 0 N–H and O–H groups in total. The Morgan fingerprint density at radius 1 is 0.407 bits per heavy atom. The first-order valence-corrected chi connectivity index (χ1v) is 45.1. The predicted octanol–water partition coefficient (Wildman–Crippen LogP) is -1.54. The number of rotatable bonds is 19. The molecule has 9 aliphatic heterocycles. The first-order valence-electron chi connectivity index (χ1n) is 35.6. The van der Waals surface area contributed by atoms with E-state index in [0.29, 0.717) is 79.8 Å². The maximum atomic E-state index is 11.8. The van der Waals surface area contributed by atoms with Crippen LogP contribution in [0.2, 0.25) is 0 Å². The van der Waals surface area contributed by atoms with Crippen LogP contribution in [0.15, 0.2) is 0 Å². The van der Waals surface area contributed by atoms with Gasteiger partial charge in [-0.3, -0.25) is 33.6 Å². The lowest BCUT2D eigenvalue weighted by atomic mass is 9.50. The molecule has 0 spiro atoms. The normalized spacial score (nSPS) is 40.4. The van der Waals surface area contributed by atoms with Crippen molar-refractivity contribution in [3.8, 4) is 0 Å². The minimum Gasteiger partial charge on any atom is -0.748 e. The highest BCUT2D eigenvalue weighted by Crippen LogP contribution is 2.60. The van der Waals surface area contributed by atoms with Crippen LogP contribution in [0, 0.1) is 88.8 Å². The SMILES string of the molecule is CC1(OC(=O)OCS(=O)(=O)[O-])C2CC3CC(C2)CC1C3.O=C(CS(=O)(=O)[O-])OC1C2CC3C(=O)OC1C3O2.O=C(CS(=O)(=O)[O-])OC1C2CC3CC(C2)C(=O)OC1C3.O=C(CS(=O)(=O)[O-])OC1C2CC3COC1C3C2.O=C(CS(=O)(=O)[O-])OC1C2CC3COC1C3O2.O=C(CS(=O)(=O)[O-])OCC1CC2CCC1C2. The van der Waals surface area contributed by atoms with Gasteiger partial charge >= 0.3 is 47.9 Å². The van der Waals surface area contributed by atoms with Gasteiger partial charge in [-0.1, -0.05) is 6.42 Å². The molecular weight excluding hydrogens is 1570 g/mol. The van der Waals surface area contributed by atoms with E-state index in [1.165, 1.54) is 25.7 Å². The lowest BCUT2D eigenvalue weighted by Gasteiger charge is -2.58. The third-order valence-corrected chi connectivity index (χ3v) is 27.6. The Kier molecular flexibility index (Phi) is 24.1. The highest BCUT2D eigenvalue weighted by atomic mass is 32.2. The maximum absolute atomic E-state index is 11.8. The summed E-state index contributed by atoms with van der Waals surface area (Å²) >= 11 is 0. The van der Waals surface area contributed by atoms with Gasteiger partial charge in [0.1, 0.15) is 126 Å². The molecule has 10 saturated carbocycles. The molecule has 45 heteroatoms. The lowest BCUT2D eigenvalue weighted by molar-refractivity contribution is -0.173. The van der Waals surface area contributed by atoms with Crippen molar-refractivity contribution in [2.75, 3.05) is 54.5 Å². The van der Waals surface area contributed by atoms with Gasteiger partial charge in [-0.25, -0.2) is 55.3 Å². The molecule has 19 aliphatic rings. The Morgan fingerprint density at radius 3 is 1.46 bits per heavy atom. The molecule has 9 heterocycles. The highest BCUT2D eigenvalue weighted by molar-refractivity contribution is 7.87. The number of hydrogen-bond acceptors (Lipinski definition) is 39. The first-order chi connectivity index (χ1) is 50.2. The second-order valence-corrected chi connectivity index (χ2v) is 40.0. The number of hydrogen-bond donors (Lipinski definition) is 0. The van der Waals surface area contributed by atoms with Crippen LogP contribution >= 0.6 is 0 Å². The first kappa shape index (κ1) is 82.3. The largest absolute Gasteiger partial charge is 0.748 e. The van der Waals surface area contributed by atoms with Crippen molar-refractivity contribution >= 4 is 109 Å². The fourth-order valence-electron chi connectivity index (χ4n) is 20.4. The quantitative estimate of drug-likeness (QED) is 0.0803. The Labute approximate surface area is 621 Å². The van der Waals surface area contributed by atoms with E-state index in [9.17, 15) is 116 Å². The van der Waals surface area contributed by atoms with Gasteiger partial charge in [0.25, 0.3) is 0 Å². The summed E-state index contributed by atoms with van der Waals surface area (Å²) in [6.07, 6.45) is 10.2. The molecule has 0 amide bonds. The summed E-state index contributed by atoms with van der Waals surface area (Å²) in [5, 5.41) is 0. The topological polar surface area (TPSA) is 600 Å². The maximum Gasteiger partial charge on any atom is 0.509 e. The second kappa shape index (κ2) is 31.7. The van der Waals surface area contributed by atoms with Crippen LogP contribution in [0.25, 0.3) is 0 Å². The minimum absolute atomic E-state index is 0.0160. The Morgan fingerprint density at radius 2 is 0.907 bits per heavy atom. The molecule has 23 atom stereocenters. The van der Waals surface area contributed by atoms with E-state index in [0.717, 1.165) is 82.0 Å². The van der Waals surface area contributed by atoms with Crippen molar-refractivity contribution in [1.82, 2.24) is 0 Å². The molecule has 0 radical (unpaired) electrons. The molecule has 23 unspecified atom stereocenters.